The molecule has 10 heteroatoms. The highest BCUT2D eigenvalue weighted by molar-refractivity contribution is 5.89. The lowest BCUT2D eigenvalue weighted by Gasteiger charge is -2.19. The van der Waals surface area contributed by atoms with Gasteiger partial charge in [-0.1, -0.05) is 0 Å². The van der Waals surface area contributed by atoms with Crippen LogP contribution >= 0.6 is 0 Å². The first-order valence-electron chi connectivity index (χ1n) is 6.76. The van der Waals surface area contributed by atoms with Crippen LogP contribution < -0.4 is 0 Å². The summed E-state index contributed by atoms with van der Waals surface area (Å²) < 4.78 is 64.2. The Morgan fingerprint density at radius 2 is 2.08 bits per heavy atom. The van der Waals surface area contributed by atoms with E-state index in [9.17, 15) is 22.0 Å². The van der Waals surface area contributed by atoms with Crippen molar-refractivity contribution in [2.75, 3.05) is 0 Å². The number of alkyl halides is 3. The average molecular weight is 343 g/mol. The number of rotatable bonds is 4. The fraction of sp³-hybridized carbons (Fsp3) is 0.214. The monoisotopic (exact) mass is 343 g/mol. The van der Waals surface area contributed by atoms with Crippen LogP contribution in [0.5, 0.6) is 0 Å². The maximum Gasteiger partial charge on any atom is 0.411 e. The Balaban J connectivity index is 1.99. The predicted molar refractivity (Wildman–Crippen MR) is 75.1 cm³/mol. The van der Waals surface area contributed by atoms with Gasteiger partial charge in [0, 0.05) is 29.8 Å². The van der Waals surface area contributed by atoms with Crippen LogP contribution in [0.4, 0.5) is 22.0 Å². The Kier molecular flexibility index (Phi) is 4.04. The molecule has 1 atom stereocenters. The molecular formula is C14H10F5N5. The summed E-state index contributed by atoms with van der Waals surface area (Å²) in [6.07, 6.45) is -2.31. The van der Waals surface area contributed by atoms with E-state index in [1.807, 2.05) is 0 Å². The Morgan fingerprint density at radius 1 is 1.29 bits per heavy atom. The third-order valence-corrected chi connectivity index (χ3v) is 3.42. The third kappa shape index (κ3) is 3.12. The number of halogens is 5. The van der Waals surface area contributed by atoms with Crippen molar-refractivity contribution in [3.8, 4) is 11.3 Å². The molecule has 0 aliphatic carbocycles. The summed E-state index contributed by atoms with van der Waals surface area (Å²) in [5.41, 5.74) is 1.27. The van der Waals surface area contributed by atoms with Crippen molar-refractivity contribution in [2.45, 2.75) is 18.6 Å². The average Bonchev–Trinajstić information content (AvgIpc) is 3.14. The molecule has 5 nitrogen and oxygen atoms in total. The number of hydrogen-bond acceptors (Lipinski definition) is 3. The molecule has 24 heavy (non-hydrogen) atoms. The highest BCUT2D eigenvalue weighted by Gasteiger charge is 2.41. The van der Waals surface area contributed by atoms with Gasteiger partial charge in [0.1, 0.15) is 12.0 Å². The molecule has 0 fully saturated rings. The lowest BCUT2D eigenvalue weighted by molar-refractivity contribution is -0.169. The second kappa shape index (κ2) is 6.02. The molecule has 3 aromatic heterocycles. The van der Waals surface area contributed by atoms with Crippen LogP contribution in [0.3, 0.4) is 0 Å². The van der Waals surface area contributed by atoms with Crippen molar-refractivity contribution >= 4 is 11.0 Å². The number of allylic oxidation sites excluding steroid dienone is 1. The first-order valence-corrected chi connectivity index (χ1v) is 6.76. The Hall–Kier alpha value is -2.78. The fourth-order valence-corrected chi connectivity index (χ4v) is 2.33. The van der Waals surface area contributed by atoms with Gasteiger partial charge in [0.2, 0.25) is 0 Å². The molecule has 3 aromatic rings. The van der Waals surface area contributed by atoms with Crippen LogP contribution in [-0.4, -0.2) is 30.9 Å². The molecule has 1 N–H and O–H groups in total. The number of H-pyrrole nitrogens is 1. The van der Waals surface area contributed by atoms with Crippen LogP contribution in [-0.2, 0) is 0 Å². The van der Waals surface area contributed by atoms with Gasteiger partial charge in [0.15, 0.2) is 6.04 Å². The smallest absolute Gasteiger partial charge is 0.346 e. The predicted octanol–water partition coefficient (Wildman–Crippen LogP) is 4.10. The van der Waals surface area contributed by atoms with E-state index >= 15 is 0 Å². The summed E-state index contributed by atoms with van der Waals surface area (Å²) in [5.74, 6) is 0. The standard InChI is InChI=1S/C14H10F5N5/c15-11(16)2-1-10(14(17,18)19)24-6-8(5-23-24)12-9-3-4-20-13(9)22-7-21-12/h2-7,10H,1H2,(H,20,21,22). The highest BCUT2D eigenvalue weighted by atomic mass is 19.4. The van der Waals surface area contributed by atoms with E-state index in [1.165, 1.54) is 12.5 Å². The van der Waals surface area contributed by atoms with E-state index in [1.54, 1.807) is 12.3 Å². The van der Waals surface area contributed by atoms with E-state index < -0.39 is 24.7 Å². The summed E-state index contributed by atoms with van der Waals surface area (Å²) >= 11 is 0. The number of aromatic nitrogens is 5. The molecule has 3 heterocycles. The quantitative estimate of drug-likeness (QED) is 0.726. The first-order chi connectivity index (χ1) is 11.4. The van der Waals surface area contributed by atoms with Crippen molar-refractivity contribution in [1.82, 2.24) is 24.7 Å². The van der Waals surface area contributed by atoms with Gasteiger partial charge in [-0.3, -0.25) is 4.68 Å². The summed E-state index contributed by atoms with van der Waals surface area (Å²) in [6.45, 7) is 0. The van der Waals surface area contributed by atoms with Crippen LogP contribution in [0.15, 0.2) is 43.1 Å². The SMILES string of the molecule is FC(F)=CCC(n1cc(-c2ncnc3[nH]ccc23)cn1)C(F)(F)F. The lowest BCUT2D eigenvalue weighted by atomic mass is 10.1. The third-order valence-electron chi connectivity index (χ3n) is 3.42. The summed E-state index contributed by atoms with van der Waals surface area (Å²) in [7, 11) is 0. The van der Waals surface area contributed by atoms with Crippen LogP contribution in [0.25, 0.3) is 22.3 Å². The minimum absolute atomic E-state index is 0.231. The van der Waals surface area contributed by atoms with Crippen LogP contribution in [0.1, 0.15) is 12.5 Å². The van der Waals surface area contributed by atoms with Crippen molar-refractivity contribution in [3.05, 3.63) is 43.1 Å². The van der Waals surface area contributed by atoms with Crippen molar-refractivity contribution in [1.29, 1.82) is 0 Å². The van der Waals surface area contributed by atoms with Gasteiger partial charge in [-0.2, -0.15) is 27.1 Å². The number of fused-ring (bicyclic) bond motifs is 1. The van der Waals surface area contributed by atoms with Crippen LogP contribution in [0.2, 0.25) is 0 Å². The molecule has 126 valence electrons. The zero-order valence-electron chi connectivity index (χ0n) is 11.9. The van der Waals surface area contributed by atoms with Gasteiger partial charge in [-0.15, -0.1) is 0 Å². The Labute approximate surface area is 131 Å². The Morgan fingerprint density at radius 3 is 2.79 bits per heavy atom. The number of nitrogens with zero attached hydrogens (tertiary/aromatic N) is 4. The van der Waals surface area contributed by atoms with Crippen molar-refractivity contribution in [2.24, 2.45) is 0 Å². The minimum Gasteiger partial charge on any atom is -0.346 e. The van der Waals surface area contributed by atoms with Gasteiger partial charge in [0.25, 0.3) is 6.08 Å². The van der Waals surface area contributed by atoms with Gasteiger partial charge < -0.3 is 4.98 Å². The maximum atomic E-state index is 13.1. The normalized spacial score (nSPS) is 13.2. The molecule has 0 saturated heterocycles. The molecule has 0 aromatic carbocycles. The fourth-order valence-electron chi connectivity index (χ4n) is 2.33. The first kappa shape index (κ1) is 16.1. The topological polar surface area (TPSA) is 59.4 Å². The second-order valence-electron chi connectivity index (χ2n) is 4.96. The van der Waals surface area contributed by atoms with E-state index in [0.29, 0.717) is 27.0 Å². The van der Waals surface area contributed by atoms with Crippen LogP contribution in [0, 0.1) is 0 Å². The van der Waals surface area contributed by atoms with Crippen molar-refractivity contribution in [3.63, 3.8) is 0 Å². The van der Waals surface area contributed by atoms with E-state index in [-0.39, 0.29) is 6.08 Å². The minimum atomic E-state index is -4.72. The molecule has 0 aliphatic rings. The van der Waals surface area contributed by atoms with E-state index in [0.717, 1.165) is 6.20 Å². The molecule has 1 unspecified atom stereocenters. The van der Waals surface area contributed by atoms with Gasteiger partial charge >= 0.3 is 6.18 Å². The zero-order chi connectivity index (χ0) is 17.3. The number of aromatic amines is 1. The second-order valence-corrected chi connectivity index (χ2v) is 4.96. The molecule has 0 saturated carbocycles. The Bertz CT molecular complexity index is 875. The molecule has 0 aliphatic heterocycles. The van der Waals surface area contributed by atoms with Crippen molar-refractivity contribution < 1.29 is 22.0 Å². The van der Waals surface area contributed by atoms with Gasteiger partial charge in [-0.25, -0.2) is 9.97 Å². The highest BCUT2D eigenvalue weighted by Crippen LogP contribution is 2.35. The van der Waals surface area contributed by atoms with E-state index in [2.05, 4.69) is 20.1 Å². The number of hydrogen-bond donors (Lipinski definition) is 1. The lowest BCUT2D eigenvalue weighted by Crippen LogP contribution is -2.26. The number of nitrogens with one attached hydrogen (secondary N) is 1. The summed E-state index contributed by atoms with van der Waals surface area (Å²) in [4.78, 5) is 10.9. The molecule has 0 bridgehead atoms. The molecule has 3 rings (SSSR count). The molecular weight excluding hydrogens is 333 g/mol. The molecule has 0 spiro atoms. The summed E-state index contributed by atoms with van der Waals surface area (Å²) in [5, 5.41) is 4.30. The van der Waals surface area contributed by atoms with Gasteiger partial charge in [-0.05, 0) is 12.1 Å². The molecule has 0 amide bonds. The largest absolute Gasteiger partial charge is 0.411 e. The molecule has 0 radical (unpaired) electrons. The summed E-state index contributed by atoms with van der Waals surface area (Å²) in [6, 6.07) is -0.499. The van der Waals surface area contributed by atoms with E-state index in [4.69, 9.17) is 0 Å². The maximum absolute atomic E-state index is 13.1. The zero-order valence-corrected chi connectivity index (χ0v) is 11.9. The van der Waals surface area contributed by atoms with Gasteiger partial charge in [0.05, 0.1) is 11.9 Å².